The lowest BCUT2D eigenvalue weighted by molar-refractivity contribution is -0.123. The second-order valence-electron chi connectivity index (χ2n) is 12.0. The molecule has 6 aliphatic carbocycles. The van der Waals surface area contributed by atoms with Crippen LogP contribution in [0, 0.1) is 17.8 Å². The molecule has 5 atom stereocenters. The molecule has 0 aliphatic heterocycles. The fourth-order valence-corrected chi connectivity index (χ4v) is 8.06. The number of hydrogen-bond acceptors (Lipinski definition) is 6. The number of nitrogens with zero attached hydrogens (tertiary/aromatic N) is 2. The molecule has 3 fully saturated rings. The predicted octanol–water partition coefficient (Wildman–Crippen LogP) is 6.70. The smallest absolute Gasteiger partial charge is 0.176 e. The Labute approximate surface area is 261 Å². The molecule has 42 heavy (non-hydrogen) atoms. The Balaban J connectivity index is 0.000000113. The molecule has 3 aromatic rings. The molecule has 3 heterocycles. The summed E-state index contributed by atoms with van der Waals surface area (Å²) < 4.78 is 0. The first-order valence-electron chi connectivity index (χ1n) is 14.5. The molecule has 7 nitrogen and oxygen atoms in total. The number of H-pyrrole nitrogens is 1. The Hall–Kier alpha value is -2.68. The minimum Gasteiger partial charge on any atom is -0.357 e. The zero-order chi connectivity index (χ0) is 29.3. The molecule has 3 aromatic heterocycles. The summed E-state index contributed by atoms with van der Waals surface area (Å²) in [6.07, 6.45) is 11.5. The van der Waals surface area contributed by atoms with Gasteiger partial charge < -0.3 is 4.98 Å². The summed E-state index contributed by atoms with van der Waals surface area (Å²) in [5.74, 6) is 1.89. The molecule has 10 heteroatoms. The van der Waals surface area contributed by atoms with Gasteiger partial charge in [0.15, 0.2) is 11.6 Å². The van der Waals surface area contributed by atoms with E-state index < -0.39 is 0 Å². The number of Topliss-reactive ketones (excluding diaryl/α,β-unsaturated/α-hetero) is 4. The van der Waals surface area contributed by atoms with Gasteiger partial charge in [-0.05, 0) is 80.2 Å². The van der Waals surface area contributed by atoms with Crippen LogP contribution in [0.25, 0.3) is 11.3 Å². The number of alkyl halides is 1. The number of hydrogen-bond donors (Lipinski definition) is 1. The average Bonchev–Trinajstić information content (AvgIpc) is 3.44. The Bertz CT molecular complexity index is 1660. The number of halogens is 3. The summed E-state index contributed by atoms with van der Waals surface area (Å²) in [4.78, 5) is 57.4. The van der Waals surface area contributed by atoms with Gasteiger partial charge in [0.25, 0.3) is 0 Å². The van der Waals surface area contributed by atoms with E-state index in [0.29, 0.717) is 27.6 Å². The van der Waals surface area contributed by atoms with Crippen molar-refractivity contribution in [3.05, 3.63) is 68.3 Å². The first-order chi connectivity index (χ1) is 20.2. The molecule has 0 spiro atoms. The number of pyridine rings is 2. The number of aryl methyl sites for hydroxylation is 2. The maximum absolute atomic E-state index is 12.5. The molecule has 216 valence electrons. The van der Waals surface area contributed by atoms with Gasteiger partial charge in [0.05, 0.1) is 16.9 Å². The molecule has 0 amide bonds. The fourth-order valence-electron chi connectivity index (χ4n) is 7.27. The van der Waals surface area contributed by atoms with Crippen molar-refractivity contribution in [3.8, 4) is 11.3 Å². The highest BCUT2D eigenvalue weighted by Crippen LogP contribution is 2.54. The Kier molecular flexibility index (Phi) is 7.22. The van der Waals surface area contributed by atoms with Crippen molar-refractivity contribution in [2.75, 3.05) is 0 Å². The van der Waals surface area contributed by atoms with Gasteiger partial charge in [0, 0.05) is 58.4 Å². The summed E-state index contributed by atoms with van der Waals surface area (Å²) in [5, 5.41) is 0.896. The Morgan fingerprint density at radius 1 is 0.714 bits per heavy atom. The van der Waals surface area contributed by atoms with Gasteiger partial charge in [-0.1, -0.05) is 39.1 Å². The number of nitrogens with one attached hydrogen (secondary N) is 1. The molecule has 0 saturated heterocycles. The third-order valence-electron chi connectivity index (χ3n) is 9.85. The lowest BCUT2D eigenvalue weighted by atomic mass is 9.75. The third-order valence-corrected chi connectivity index (χ3v) is 11.1. The monoisotopic (exact) mass is 667 g/mol. The van der Waals surface area contributed by atoms with Gasteiger partial charge in [0.2, 0.25) is 0 Å². The highest BCUT2D eigenvalue weighted by atomic mass is 79.9. The quantitative estimate of drug-likeness (QED) is 0.162. The van der Waals surface area contributed by atoms with Crippen molar-refractivity contribution in [2.45, 2.75) is 68.5 Å². The van der Waals surface area contributed by atoms with Crippen LogP contribution in [0.3, 0.4) is 0 Å². The van der Waals surface area contributed by atoms with Crippen LogP contribution in [0.4, 0.5) is 0 Å². The highest BCUT2D eigenvalue weighted by molar-refractivity contribution is 9.10. The van der Waals surface area contributed by atoms with Gasteiger partial charge in [-0.15, -0.1) is 0 Å². The molecule has 0 bridgehead atoms. The number of aromatic nitrogens is 3. The molecule has 1 N–H and O–H groups in total. The SMILES string of the molecule is O=C1CC(=O)C2CCC12.O=C1c2c([nH]c3c2CCc2cnc(Cl)cc2-3)C2CCC12.O=C1c2cc(Cl)ncc2CCC1Br. The van der Waals surface area contributed by atoms with Crippen LogP contribution in [0.15, 0.2) is 24.5 Å². The number of carbonyl (C=O) groups is 4. The van der Waals surface area contributed by atoms with E-state index in [1.165, 1.54) is 16.8 Å². The maximum Gasteiger partial charge on any atom is 0.176 e. The lowest BCUT2D eigenvalue weighted by Gasteiger charge is -2.29. The van der Waals surface area contributed by atoms with E-state index in [0.717, 1.165) is 73.8 Å². The van der Waals surface area contributed by atoms with E-state index in [1.54, 1.807) is 12.3 Å². The summed E-state index contributed by atoms with van der Waals surface area (Å²) in [7, 11) is 0. The first kappa shape index (κ1) is 28.1. The van der Waals surface area contributed by atoms with Gasteiger partial charge >= 0.3 is 0 Å². The van der Waals surface area contributed by atoms with E-state index in [-0.39, 0.29) is 46.4 Å². The molecule has 6 aliphatic rings. The molecular weight excluding hydrogens is 641 g/mol. The summed E-state index contributed by atoms with van der Waals surface area (Å²) in [6.45, 7) is 0. The van der Waals surface area contributed by atoms with Crippen LogP contribution in [-0.2, 0) is 28.9 Å². The summed E-state index contributed by atoms with van der Waals surface area (Å²) >= 11 is 15.1. The second-order valence-corrected chi connectivity index (χ2v) is 13.9. The standard InChI is InChI=1S/C16H13ClN2O.C9H7BrClNO.C7H8O2/c17-12-5-11-7(6-18-12)1-2-10-13-15(19-14(10)11)8-3-4-9(8)16(13)20;10-7-2-1-5-4-12-8(11)3-6(5)9(7)13;8-6-3-7(9)5-2-1-4(5)6/h5-6,8-9,19H,1-4H2;3-4,7H,1-2H2;4-5H,1-3H2. The number of fused-ring (bicyclic) bond motifs is 9. The number of carbonyl (C=O) groups excluding carboxylic acids is 4. The lowest BCUT2D eigenvalue weighted by Crippen LogP contribution is -2.27. The summed E-state index contributed by atoms with van der Waals surface area (Å²) in [6, 6.07) is 3.57. The number of rotatable bonds is 0. The van der Waals surface area contributed by atoms with Crippen LogP contribution in [-0.4, -0.2) is 42.9 Å². The normalized spacial score (nSPS) is 27.5. The highest BCUT2D eigenvalue weighted by Gasteiger charge is 2.49. The maximum atomic E-state index is 12.5. The zero-order valence-electron chi connectivity index (χ0n) is 22.7. The van der Waals surface area contributed by atoms with Gasteiger partial charge in [0.1, 0.15) is 21.9 Å². The summed E-state index contributed by atoms with van der Waals surface area (Å²) in [5.41, 5.74) is 8.60. The topological polar surface area (TPSA) is 110 Å². The number of aromatic amines is 1. The van der Waals surface area contributed by atoms with E-state index in [2.05, 4.69) is 30.9 Å². The number of ketones is 4. The molecule has 3 saturated carbocycles. The van der Waals surface area contributed by atoms with Gasteiger partial charge in [-0.3, -0.25) is 19.2 Å². The molecule has 5 unspecified atom stereocenters. The van der Waals surface area contributed by atoms with Crippen molar-refractivity contribution in [1.29, 1.82) is 0 Å². The van der Waals surface area contributed by atoms with Crippen molar-refractivity contribution in [3.63, 3.8) is 0 Å². The van der Waals surface area contributed by atoms with Crippen molar-refractivity contribution >= 4 is 62.3 Å². The molecule has 0 aromatic carbocycles. The Morgan fingerprint density at radius 3 is 1.90 bits per heavy atom. The van der Waals surface area contributed by atoms with Crippen molar-refractivity contribution in [2.24, 2.45) is 17.8 Å². The predicted molar refractivity (Wildman–Crippen MR) is 162 cm³/mol. The largest absolute Gasteiger partial charge is 0.357 e. The zero-order valence-corrected chi connectivity index (χ0v) is 25.8. The van der Waals surface area contributed by atoms with E-state index in [4.69, 9.17) is 23.2 Å². The van der Waals surface area contributed by atoms with E-state index in [9.17, 15) is 19.2 Å². The average molecular weight is 669 g/mol. The third kappa shape index (κ3) is 4.61. The van der Waals surface area contributed by atoms with Crippen LogP contribution in [0.1, 0.15) is 87.5 Å². The molecule has 0 radical (unpaired) electrons. The van der Waals surface area contributed by atoms with E-state index >= 15 is 0 Å². The van der Waals surface area contributed by atoms with Crippen LogP contribution < -0.4 is 0 Å². The fraction of sp³-hybridized carbons (Fsp3) is 0.438. The minimum absolute atomic E-state index is 0.0570. The molecule has 9 rings (SSSR count). The van der Waals surface area contributed by atoms with Gasteiger partial charge in [-0.2, -0.15) is 0 Å². The van der Waals surface area contributed by atoms with Crippen molar-refractivity contribution < 1.29 is 19.2 Å². The van der Waals surface area contributed by atoms with Crippen LogP contribution in [0.2, 0.25) is 10.3 Å². The van der Waals surface area contributed by atoms with Crippen LogP contribution in [0.5, 0.6) is 0 Å². The van der Waals surface area contributed by atoms with Crippen molar-refractivity contribution in [1.82, 2.24) is 15.0 Å². The second kappa shape index (κ2) is 10.8. The first-order valence-corrected chi connectivity index (χ1v) is 16.2. The van der Waals surface area contributed by atoms with E-state index in [1.807, 2.05) is 12.3 Å². The Morgan fingerprint density at radius 2 is 1.31 bits per heavy atom. The van der Waals surface area contributed by atoms with Gasteiger partial charge in [-0.25, -0.2) is 9.97 Å². The van der Waals surface area contributed by atoms with Crippen LogP contribution >= 0.6 is 39.1 Å². The molecular formula is C32H28BrCl2N3O4. The minimum atomic E-state index is -0.0570.